The van der Waals surface area contributed by atoms with Crippen molar-refractivity contribution in [2.24, 2.45) is 23.7 Å². The summed E-state index contributed by atoms with van der Waals surface area (Å²) in [5.74, 6) is 0.298. The Labute approximate surface area is 149 Å². The minimum absolute atomic E-state index is 0.0119. The number of esters is 2. The van der Waals surface area contributed by atoms with Gasteiger partial charge in [-0.05, 0) is 50.0 Å². The van der Waals surface area contributed by atoms with E-state index >= 15 is 0 Å². The lowest BCUT2D eigenvalue weighted by molar-refractivity contribution is -0.160. The van der Waals surface area contributed by atoms with Crippen molar-refractivity contribution in [2.75, 3.05) is 0 Å². The summed E-state index contributed by atoms with van der Waals surface area (Å²) in [6.45, 7) is 5.81. The quantitative estimate of drug-likeness (QED) is 0.722. The largest absolute Gasteiger partial charge is 0.462 e. The maximum Gasteiger partial charge on any atom is 0.309 e. The fraction of sp³-hybridized carbons (Fsp3) is 0.619. The summed E-state index contributed by atoms with van der Waals surface area (Å²) in [6, 6.07) is 9.81. The van der Waals surface area contributed by atoms with Crippen molar-refractivity contribution in [3.05, 3.63) is 35.9 Å². The number of carbonyl (C=O) groups excluding carboxylic acids is 2. The molecule has 0 radical (unpaired) electrons. The van der Waals surface area contributed by atoms with Gasteiger partial charge in [0, 0.05) is 0 Å². The highest BCUT2D eigenvalue weighted by Crippen LogP contribution is 2.50. The first-order valence-corrected chi connectivity index (χ1v) is 9.45. The Bertz CT molecular complexity index is 612. The molecule has 6 unspecified atom stereocenters. The number of benzene rings is 1. The number of fused-ring (bicyclic) bond motifs is 2. The minimum Gasteiger partial charge on any atom is -0.462 e. The van der Waals surface area contributed by atoms with Crippen LogP contribution in [0, 0.1) is 23.7 Å². The highest BCUT2D eigenvalue weighted by atomic mass is 16.5. The van der Waals surface area contributed by atoms with Crippen molar-refractivity contribution >= 4 is 11.9 Å². The third-order valence-corrected chi connectivity index (χ3v) is 5.94. The SMILES string of the molecule is CCC(C)C(=O)OC1CC2CC1CC2C(=O)OC(C)c1ccccc1. The van der Waals surface area contributed by atoms with E-state index in [9.17, 15) is 9.59 Å². The van der Waals surface area contributed by atoms with Crippen LogP contribution in [0.1, 0.15) is 58.1 Å². The van der Waals surface area contributed by atoms with E-state index < -0.39 is 0 Å². The van der Waals surface area contributed by atoms with Crippen molar-refractivity contribution in [1.29, 1.82) is 0 Å². The molecule has 4 nitrogen and oxygen atoms in total. The summed E-state index contributed by atoms with van der Waals surface area (Å²) in [6.07, 6.45) is 3.11. The van der Waals surface area contributed by atoms with E-state index in [1.54, 1.807) is 0 Å². The predicted molar refractivity (Wildman–Crippen MR) is 94.6 cm³/mol. The molecule has 3 rings (SSSR count). The number of hydrogen-bond donors (Lipinski definition) is 0. The van der Waals surface area contributed by atoms with Gasteiger partial charge >= 0.3 is 11.9 Å². The summed E-state index contributed by atoms with van der Waals surface area (Å²) in [7, 11) is 0. The normalized spacial score (nSPS) is 29.9. The van der Waals surface area contributed by atoms with Gasteiger partial charge in [-0.3, -0.25) is 9.59 Å². The Hall–Kier alpha value is -1.84. The smallest absolute Gasteiger partial charge is 0.309 e. The summed E-state index contributed by atoms with van der Waals surface area (Å²) in [5, 5.41) is 0. The first-order valence-electron chi connectivity index (χ1n) is 9.45. The predicted octanol–water partition coefficient (Wildman–Crippen LogP) is 4.29. The molecule has 0 saturated heterocycles. The Morgan fingerprint density at radius 3 is 2.40 bits per heavy atom. The molecular formula is C21H28O4. The van der Waals surface area contributed by atoms with Gasteiger partial charge in [0.05, 0.1) is 11.8 Å². The highest BCUT2D eigenvalue weighted by Gasteiger charge is 2.51. The Kier molecular flexibility index (Phi) is 5.45. The lowest BCUT2D eigenvalue weighted by Gasteiger charge is -2.28. The molecular weight excluding hydrogens is 316 g/mol. The Morgan fingerprint density at radius 1 is 1.08 bits per heavy atom. The molecule has 1 aromatic carbocycles. The lowest BCUT2D eigenvalue weighted by atomic mass is 9.87. The van der Waals surface area contributed by atoms with Crippen LogP contribution in [-0.4, -0.2) is 18.0 Å². The zero-order chi connectivity index (χ0) is 18.0. The fourth-order valence-corrected chi connectivity index (χ4v) is 4.14. The molecule has 4 heteroatoms. The zero-order valence-corrected chi connectivity index (χ0v) is 15.3. The second kappa shape index (κ2) is 7.59. The molecule has 2 bridgehead atoms. The molecule has 0 aromatic heterocycles. The maximum atomic E-state index is 12.6. The average Bonchev–Trinajstić information content (AvgIpc) is 3.21. The minimum atomic E-state index is -0.230. The molecule has 0 spiro atoms. The van der Waals surface area contributed by atoms with E-state index in [-0.39, 0.29) is 41.9 Å². The molecule has 25 heavy (non-hydrogen) atoms. The van der Waals surface area contributed by atoms with Gasteiger partial charge in [0.25, 0.3) is 0 Å². The second-order valence-corrected chi connectivity index (χ2v) is 7.61. The van der Waals surface area contributed by atoms with Crippen LogP contribution in [0.5, 0.6) is 0 Å². The molecule has 2 saturated carbocycles. The highest BCUT2D eigenvalue weighted by molar-refractivity contribution is 5.74. The van der Waals surface area contributed by atoms with E-state index in [1.807, 2.05) is 51.1 Å². The molecule has 0 heterocycles. The van der Waals surface area contributed by atoms with E-state index in [0.717, 1.165) is 31.2 Å². The summed E-state index contributed by atoms with van der Waals surface area (Å²) in [5.41, 5.74) is 1.01. The van der Waals surface area contributed by atoms with Crippen LogP contribution >= 0.6 is 0 Å². The van der Waals surface area contributed by atoms with E-state index in [4.69, 9.17) is 9.47 Å². The summed E-state index contributed by atoms with van der Waals surface area (Å²) in [4.78, 5) is 24.6. The number of carbonyl (C=O) groups is 2. The van der Waals surface area contributed by atoms with Gasteiger partial charge in [-0.25, -0.2) is 0 Å². The second-order valence-electron chi connectivity index (χ2n) is 7.61. The van der Waals surface area contributed by atoms with Crippen LogP contribution in [-0.2, 0) is 19.1 Å². The standard InChI is InChI=1S/C21H28O4/c1-4-13(2)20(22)25-19-12-16-10-17(19)11-18(16)21(23)24-14(3)15-8-6-5-7-9-15/h5-9,13-14,16-19H,4,10-12H2,1-3H3. The zero-order valence-electron chi connectivity index (χ0n) is 15.3. The van der Waals surface area contributed by atoms with Gasteiger partial charge in [0.1, 0.15) is 12.2 Å². The van der Waals surface area contributed by atoms with Crippen molar-refractivity contribution in [2.45, 2.75) is 58.7 Å². The monoisotopic (exact) mass is 344 g/mol. The number of rotatable bonds is 6. The molecule has 0 amide bonds. The molecule has 2 fully saturated rings. The van der Waals surface area contributed by atoms with Crippen molar-refractivity contribution in [1.82, 2.24) is 0 Å². The van der Waals surface area contributed by atoms with Crippen molar-refractivity contribution < 1.29 is 19.1 Å². The Balaban J connectivity index is 1.52. The lowest BCUT2D eigenvalue weighted by Crippen LogP contribution is -2.32. The molecule has 0 N–H and O–H groups in total. The molecule has 0 aliphatic heterocycles. The maximum absolute atomic E-state index is 12.6. The molecule has 2 aliphatic rings. The first kappa shape index (κ1) is 18.0. The third-order valence-electron chi connectivity index (χ3n) is 5.94. The van der Waals surface area contributed by atoms with Gasteiger partial charge in [-0.15, -0.1) is 0 Å². The van der Waals surface area contributed by atoms with Crippen LogP contribution in [0.15, 0.2) is 30.3 Å². The van der Waals surface area contributed by atoms with Gasteiger partial charge in [-0.1, -0.05) is 44.2 Å². The number of ether oxygens (including phenoxy) is 2. The number of hydrogen-bond acceptors (Lipinski definition) is 4. The van der Waals surface area contributed by atoms with Gasteiger partial charge in [0.2, 0.25) is 0 Å². The van der Waals surface area contributed by atoms with E-state index in [0.29, 0.717) is 5.92 Å². The molecule has 1 aromatic rings. The molecule has 2 aliphatic carbocycles. The Morgan fingerprint density at radius 2 is 1.80 bits per heavy atom. The van der Waals surface area contributed by atoms with Crippen LogP contribution in [0.25, 0.3) is 0 Å². The van der Waals surface area contributed by atoms with Gasteiger partial charge in [-0.2, -0.15) is 0 Å². The van der Waals surface area contributed by atoms with Crippen molar-refractivity contribution in [3.63, 3.8) is 0 Å². The van der Waals surface area contributed by atoms with Crippen LogP contribution in [0.3, 0.4) is 0 Å². The first-order chi connectivity index (χ1) is 12.0. The topological polar surface area (TPSA) is 52.6 Å². The van der Waals surface area contributed by atoms with Gasteiger partial charge < -0.3 is 9.47 Å². The average molecular weight is 344 g/mol. The summed E-state index contributed by atoms with van der Waals surface area (Å²) >= 11 is 0. The van der Waals surface area contributed by atoms with Crippen molar-refractivity contribution in [3.8, 4) is 0 Å². The molecule has 6 atom stereocenters. The molecule has 136 valence electrons. The fourth-order valence-electron chi connectivity index (χ4n) is 4.14. The third kappa shape index (κ3) is 3.88. The van der Waals surface area contributed by atoms with Crippen LogP contribution < -0.4 is 0 Å². The van der Waals surface area contributed by atoms with E-state index in [2.05, 4.69) is 0 Å². The van der Waals surface area contributed by atoms with E-state index in [1.165, 1.54) is 0 Å². The van der Waals surface area contributed by atoms with Crippen LogP contribution in [0.2, 0.25) is 0 Å². The summed E-state index contributed by atoms with van der Waals surface area (Å²) < 4.78 is 11.4. The van der Waals surface area contributed by atoms with Crippen LogP contribution in [0.4, 0.5) is 0 Å². The van der Waals surface area contributed by atoms with Gasteiger partial charge in [0.15, 0.2) is 0 Å².